The molecule has 5 nitrogen and oxygen atoms in total. The largest absolute Gasteiger partial charge is 0.309 e. The van der Waals surface area contributed by atoms with Gasteiger partial charge in [-0.2, -0.15) is 0 Å². The predicted octanol–water partition coefficient (Wildman–Crippen LogP) is 2.45. The van der Waals surface area contributed by atoms with E-state index < -0.39 is 0 Å². The molecule has 0 spiro atoms. The SMILES string of the molecule is NNc1ccc(Cl)c(Cn2ccc3sccc3c2=O)n1. The van der Waals surface area contributed by atoms with Crippen molar-refractivity contribution in [1.82, 2.24) is 9.55 Å². The molecule has 0 aliphatic heterocycles. The fraction of sp³-hybridized carbons (Fsp3) is 0.0769. The highest BCUT2D eigenvalue weighted by Crippen LogP contribution is 2.19. The van der Waals surface area contributed by atoms with E-state index in [0.29, 0.717) is 28.5 Å². The second-order valence-corrected chi connectivity index (χ2v) is 5.57. The van der Waals surface area contributed by atoms with Gasteiger partial charge in [0.05, 0.1) is 22.6 Å². The van der Waals surface area contributed by atoms with Crippen molar-refractivity contribution in [3.63, 3.8) is 0 Å². The third-order valence-corrected chi connectivity index (χ3v) is 4.21. The smallest absolute Gasteiger partial charge is 0.259 e. The summed E-state index contributed by atoms with van der Waals surface area (Å²) in [4.78, 5) is 16.6. The normalized spacial score (nSPS) is 10.9. The van der Waals surface area contributed by atoms with Crippen molar-refractivity contribution in [3.8, 4) is 0 Å². The molecule has 3 heterocycles. The first kappa shape index (κ1) is 13.1. The van der Waals surface area contributed by atoms with Gasteiger partial charge in [-0.3, -0.25) is 4.79 Å². The van der Waals surface area contributed by atoms with Crippen LogP contribution in [-0.4, -0.2) is 9.55 Å². The lowest BCUT2D eigenvalue weighted by Crippen LogP contribution is -2.20. The van der Waals surface area contributed by atoms with Gasteiger partial charge < -0.3 is 9.99 Å². The fourth-order valence-electron chi connectivity index (χ4n) is 1.97. The number of anilines is 1. The molecule has 0 fully saturated rings. The van der Waals surface area contributed by atoms with Crippen LogP contribution in [0, 0.1) is 0 Å². The van der Waals surface area contributed by atoms with Crippen molar-refractivity contribution < 1.29 is 0 Å². The molecule has 3 rings (SSSR count). The van der Waals surface area contributed by atoms with Crippen molar-refractivity contribution in [2.45, 2.75) is 6.54 Å². The molecular formula is C13H11ClN4OS. The zero-order valence-electron chi connectivity index (χ0n) is 10.3. The molecule has 102 valence electrons. The number of nitrogens with one attached hydrogen (secondary N) is 1. The van der Waals surface area contributed by atoms with Gasteiger partial charge in [-0.25, -0.2) is 10.8 Å². The van der Waals surface area contributed by atoms with E-state index in [1.807, 2.05) is 17.5 Å². The van der Waals surface area contributed by atoms with Crippen LogP contribution in [-0.2, 0) is 6.54 Å². The number of halogens is 1. The maximum absolute atomic E-state index is 12.3. The average molecular weight is 307 g/mol. The Labute approximate surface area is 123 Å². The summed E-state index contributed by atoms with van der Waals surface area (Å²) in [7, 11) is 0. The van der Waals surface area contributed by atoms with Crippen LogP contribution in [0.4, 0.5) is 5.82 Å². The minimum absolute atomic E-state index is 0.0484. The lowest BCUT2D eigenvalue weighted by atomic mass is 10.3. The number of pyridine rings is 2. The molecule has 0 bridgehead atoms. The lowest BCUT2D eigenvalue weighted by molar-refractivity contribution is 0.748. The van der Waals surface area contributed by atoms with E-state index in [9.17, 15) is 4.79 Å². The second kappa shape index (κ2) is 5.24. The van der Waals surface area contributed by atoms with Crippen LogP contribution in [0.2, 0.25) is 5.02 Å². The Kier molecular flexibility index (Phi) is 3.43. The van der Waals surface area contributed by atoms with E-state index in [-0.39, 0.29) is 5.56 Å². The van der Waals surface area contributed by atoms with Crippen molar-refractivity contribution in [1.29, 1.82) is 0 Å². The second-order valence-electron chi connectivity index (χ2n) is 4.22. The number of nitrogen functional groups attached to an aromatic ring is 1. The Morgan fingerprint density at radius 3 is 3.00 bits per heavy atom. The minimum atomic E-state index is -0.0484. The monoisotopic (exact) mass is 306 g/mol. The molecule has 20 heavy (non-hydrogen) atoms. The first-order valence-electron chi connectivity index (χ1n) is 5.88. The van der Waals surface area contributed by atoms with Crippen LogP contribution in [0.15, 0.2) is 40.6 Å². The number of fused-ring (bicyclic) bond motifs is 1. The molecule has 0 aromatic carbocycles. The molecule has 0 saturated carbocycles. The van der Waals surface area contributed by atoms with Gasteiger partial charge >= 0.3 is 0 Å². The molecule has 3 aromatic rings. The summed E-state index contributed by atoms with van der Waals surface area (Å²) in [5, 5.41) is 3.11. The van der Waals surface area contributed by atoms with Crippen LogP contribution in [0.5, 0.6) is 0 Å². The summed E-state index contributed by atoms with van der Waals surface area (Å²) in [6.07, 6.45) is 1.75. The number of hydrazine groups is 1. The molecule has 0 unspecified atom stereocenters. The standard InChI is InChI=1S/C13H11ClN4OS/c14-9-1-2-12(17-15)16-10(9)7-18-5-3-11-8(13(18)19)4-6-20-11/h1-6H,7,15H2,(H,16,17). The first-order chi connectivity index (χ1) is 9.69. The van der Waals surface area contributed by atoms with Crippen LogP contribution >= 0.6 is 22.9 Å². The highest BCUT2D eigenvalue weighted by Gasteiger charge is 2.08. The van der Waals surface area contributed by atoms with Crippen LogP contribution in [0.3, 0.4) is 0 Å². The van der Waals surface area contributed by atoms with Crippen LogP contribution in [0.1, 0.15) is 5.69 Å². The molecule has 0 atom stereocenters. The van der Waals surface area contributed by atoms with Gasteiger partial charge in [0, 0.05) is 10.9 Å². The van der Waals surface area contributed by atoms with Crippen molar-refractivity contribution >= 4 is 38.8 Å². The minimum Gasteiger partial charge on any atom is -0.309 e. The number of nitrogens with two attached hydrogens (primary N) is 1. The Hall–Kier alpha value is -1.89. The third kappa shape index (κ3) is 2.29. The topological polar surface area (TPSA) is 72.9 Å². The number of nitrogens with zero attached hydrogens (tertiary/aromatic N) is 2. The quantitative estimate of drug-likeness (QED) is 0.576. The average Bonchev–Trinajstić information content (AvgIpc) is 2.93. The maximum Gasteiger partial charge on any atom is 0.259 e. The fourth-order valence-corrected chi connectivity index (χ4v) is 2.91. The molecule has 0 radical (unpaired) electrons. The third-order valence-electron chi connectivity index (χ3n) is 2.98. The predicted molar refractivity (Wildman–Crippen MR) is 82.2 cm³/mol. The van der Waals surface area contributed by atoms with E-state index in [4.69, 9.17) is 17.4 Å². The Balaban J connectivity index is 2.05. The van der Waals surface area contributed by atoms with E-state index in [1.165, 1.54) is 0 Å². The maximum atomic E-state index is 12.3. The Bertz CT molecular complexity index is 827. The first-order valence-corrected chi connectivity index (χ1v) is 7.13. The summed E-state index contributed by atoms with van der Waals surface area (Å²) in [5.41, 5.74) is 3.01. The van der Waals surface area contributed by atoms with Gasteiger partial charge in [-0.05, 0) is 29.6 Å². The Morgan fingerprint density at radius 1 is 1.35 bits per heavy atom. The number of rotatable bonds is 3. The van der Waals surface area contributed by atoms with Crippen molar-refractivity contribution in [3.05, 3.63) is 56.9 Å². The van der Waals surface area contributed by atoms with Gasteiger partial charge in [0.2, 0.25) is 0 Å². The van der Waals surface area contributed by atoms with E-state index in [0.717, 1.165) is 4.70 Å². The molecule has 0 aliphatic carbocycles. The van der Waals surface area contributed by atoms with E-state index >= 15 is 0 Å². The molecule has 3 N–H and O–H groups in total. The van der Waals surface area contributed by atoms with Gasteiger partial charge in [-0.15, -0.1) is 11.3 Å². The highest BCUT2D eigenvalue weighted by molar-refractivity contribution is 7.17. The van der Waals surface area contributed by atoms with E-state index in [1.54, 1.807) is 34.2 Å². The Morgan fingerprint density at radius 2 is 2.20 bits per heavy atom. The van der Waals surface area contributed by atoms with E-state index in [2.05, 4.69) is 10.4 Å². The molecule has 7 heteroatoms. The molecular weight excluding hydrogens is 296 g/mol. The van der Waals surface area contributed by atoms with Gasteiger partial charge in [0.1, 0.15) is 5.82 Å². The lowest BCUT2D eigenvalue weighted by Gasteiger charge is -2.08. The molecule has 0 amide bonds. The van der Waals surface area contributed by atoms with Gasteiger partial charge in [0.15, 0.2) is 0 Å². The number of hydrogen-bond donors (Lipinski definition) is 2. The number of aromatic nitrogens is 2. The van der Waals surface area contributed by atoms with Crippen LogP contribution < -0.4 is 16.8 Å². The summed E-state index contributed by atoms with van der Waals surface area (Å²) < 4.78 is 2.56. The highest BCUT2D eigenvalue weighted by atomic mass is 35.5. The number of hydrogen-bond acceptors (Lipinski definition) is 5. The summed E-state index contributed by atoms with van der Waals surface area (Å²) >= 11 is 7.65. The zero-order chi connectivity index (χ0) is 14.1. The summed E-state index contributed by atoms with van der Waals surface area (Å²) in [5.74, 6) is 5.84. The number of thiophene rings is 1. The molecule has 3 aromatic heterocycles. The van der Waals surface area contributed by atoms with Crippen molar-refractivity contribution in [2.75, 3.05) is 5.43 Å². The van der Waals surface area contributed by atoms with Crippen molar-refractivity contribution in [2.24, 2.45) is 5.84 Å². The van der Waals surface area contributed by atoms with Gasteiger partial charge in [0.25, 0.3) is 5.56 Å². The van der Waals surface area contributed by atoms with Gasteiger partial charge in [-0.1, -0.05) is 11.6 Å². The summed E-state index contributed by atoms with van der Waals surface area (Å²) in [6.45, 7) is 0.305. The summed E-state index contributed by atoms with van der Waals surface area (Å²) in [6, 6.07) is 7.12. The molecule has 0 saturated heterocycles. The van der Waals surface area contributed by atoms with Crippen LogP contribution in [0.25, 0.3) is 10.1 Å². The zero-order valence-corrected chi connectivity index (χ0v) is 11.9. The molecule has 0 aliphatic rings.